The van der Waals surface area contributed by atoms with E-state index >= 15 is 0 Å². The molecule has 3 rings (SSSR count). The lowest BCUT2D eigenvalue weighted by Crippen LogP contribution is -1.94. The van der Waals surface area contributed by atoms with Crippen LogP contribution >= 0.6 is 30.3 Å². The Kier molecular flexibility index (Phi) is 2.75. The molecule has 3 nitrogen and oxygen atoms in total. The van der Waals surface area contributed by atoms with E-state index in [9.17, 15) is 0 Å². The molecule has 2 heterocycles. The molecule has 0 saturated heterocycles. The zero-order valence-electron chi connectivity index (χ0n) is 8.81. The van der Waals surface area contributed by atoms with Crippen LogP contribution < -0.4 is 4.74 Å². The fourth-order valence-electron chi connectivity index (χ4n) is 2.04. The molecule has 16 heavy (non-hydrogen) atoms. The molecule has 0 N–H and O–H groups in total. The van der Waals surface area contributed by atoms with Gasteiger partial charge in [-0.2, -0.15) is 0 Å². The molecule has 0 atom stereocenters. The molecular formula is C11H11IN2OS. The molecule has 0 aromatic carbocycles. The maximum Gasteiger partial charge on any atom is 0.239 e. The Morgan fingerprint density at radius 1 is 1.56 bits per heavy atom. The highest BCUT2D eigenvalue weighted by molar-refractivity contribution is 14.2. The van der Waals surface area contributed by atoms with Crippen LogP contribution in [0.3, 0.4) is 0 Å². The normalized spacial score (nSPS) is 15.6. The summed E-state index contributed by atoms with van der Waals surface area (Å²) in [5, 5.41) is 1.29. The molecule has 0 bridgehead atoms. The maximum atomic E-state index is 5.33. The number of rotatable bonds is 3. The Hall–Kier alpha value is -0.430. The summed E-state index contributed by atoms with van der Waals surface area (Å²) < 4.78 is 7.44. The van der Waals surface area contributed by atoms with Gasteiger partial charge in [-0.25, -0.2) is 4.98 Å². The maximum absolute atomic E-state index is 5.33. The first-order valence-electron chi connectivity index (χ1n) is 5.18. The van der Waals surface area contributed by atoms with Crippen molar-refractivity contribution < 1.29 is 4.74 Å². The molecule has 1 saturated carbocycles. The van der Waals surface area contributed by atoms with Gasteiger partial charge in [0.25, 0.3) is 0 Å². The van der Waals surface area contributed by atoms with E-state index in [1.54, 1.807) is 16.2 Å². The lowest BCUT2D eigenvalue weighted by Gasteiger charge is -2.07. The summed E-state index contributed by atoms with van der Waals surface area (Å²) in [5.41, 5.74) is 2.48. The van der Waals surface area contributed by atoms with E-state index in [0.717, 1.165) is 11.4 Å². The van der Waals surface area contributed by atoms with Crippen LogP contribution in [0, 0.1) is 0 Å². The topological polar surface area (TPSA) is 27.1 Å². The second kappa shape index (κ2) is 4.10. The molecule has 0 radical (unpaired) electrons. The van der Waals surface area contributed by atoms with E-state index in [4.69, 9.17) is 4.74 Å². The number of nitrogens with zero attached hydrogens (tertiary/aromatic N) is 2. The van der Waals surface area contributed by atoms with Crippen molar-refractivity contribution in [2.24, 2.45) is 0 Å². The Labute approximate surface area is 110 Å². The van der Waals surface area contributed by atoms with Gasteiger partial charge in [0.2, 0.25) is 5.88 Å². The first-order chi connectivity index (χ1) is 7.85. The van der Waals surface area contributed by atoms with Crippen LogP contribution in [0.15, 0.2) is 18.5 Å². The molecule has 1 fully saturated rings. The molecular weight excluding hydrogens is 335 g/mol. The second-order valence-corrected chi connectivity index (χ2v) is 5.68. The Morgan fingerprint density at radius 3 is 3.00 bits per heavy atom. The van der Waals surface area contributed by atoms with Crippen LogP contribution in [0.25, 0.3) is 10.9 Å². The second-order valence-electron chi connectivity index (χ2n) is 3.97. The highest BCUT2D eigenvalue weighted by atomic mass is 127. The fourth-order valence-corrected chi connectivity index (χ4v) is 3.38. The van der Waals surface area contributed by atoms with E-state index in [-0.39, 0.29) is 0 Å². The first-order valence-corrected chi connectivity index (χ1v) is 8.49. The van der Waals surface area contributed by atoms with Crippen LogP contribution in [0.2, 0.25) is 0 Å². The van der Waals surface area contributed by atoms with Gasteiger partial charge in [0.1, 0.15) is 5.52 Å². The predicted molar refractivity (Wildman–Crippen MR) is 75.3 cm³/mol. The smallest absolute Gasteiger partial charge is 0.239 e. The van der Waals surface area contributed by atoms with Crippen molar-refractivity contribution in [2.45, 2.75) is 18.8 Å². The van der Waals surface area contributed by atoms with Crippen molar-refractivity contribution in [3.05, 3.63) is 24.0 Å². The monoisotopic (exact) mass is 346 g/mol. The third kappa shape index (κ3) is 1.60. The first kappa shape index (κ1) is 10.7. The summed E-state index contributed by atoms with van der Waals surface area (Å²) in [6.07, 6.45) is 6.65. The van der Waals surface area contributed by atoms with Crippen LogP contribution in [0.1, 0.15) is 24.3 Å². The molecule has 1 aliphatic rings. The van der Waals surface area contributed by atoms with E-state index in [0.29, 0.717) is 5.88 Å². The Balaban J connectivity index is 2.28. The fraction of sp³-hybridized carbons (Fsp3) is 0.364. The summed E-state index contributed by atoms with van der Waals surface area (Å²) in [7, 11) is 3.32. The summed E-state index contributed by atoms with van der Waals surface area (Å²) in [6.45, 7) is 0. The van der Waals surface area contributed by atoms with Crippen molar-refractivity contribution in [2.75, 3.05) is 7.11 Å². The number of hydrogen-bond acceptors (Lipinski definition) is 3. The van der Waals surface area contributed by atoms with Gasteiger partial charge in [-0.05, 0) is 30.4 Å². The number of methoxy groups -OCH3 is 1. The van der Waals surface area contributed by atoms with Crippen LogP contribution in [0.4, 0.5) is 0 Å². The number of aromatic nitrogens is 2. The number of pyridine rings is 1. The van der Waals surface area contributed by atoms with E-state index in [2.05, 4.69) is 42.4 Å². The standard InChI is InChI=1S/C11H11IN2OS/c1-15-11-10-8(4-5-14(10)16-12)9(6-13-11)7-2-3-7/h4-7H,2-3H2,1H3. The van der Waals surface area contributed by atoms with Crippen LogP contribution in [-0.2, 0) is 0 Å². The zero-order chi connectivity index (χ0) is 11.1. The molecule has 1 aliphatic carbocycles. The Morgan fingerprint density at radius 2 is 2.38 bits per heavy atom. The SMILES string of the molecule is COc1ncc(C2CC2)c2ccn(SI)c12. The van der Waals surface area contributed by atoms with Crippen molar-refractivity contribution in [3.8, 4) is 5.88 Å². The number of halogens is 1. The van der Waals surface area contributed by atoms with E-state index in [1.165, 1.54) is 23.8 Å². The van der Waals surface area contributed by atoms with Gasteiger partial charge in [0.15, 0.2) is 0 Å². The van der Waals surface area contributed by atoms with Crippen molar-refractivity contribution in [1.82, 2.24) is 8.96 Å². The minimum Gasteiger partial charge on any atom is -0.479 e. The average molecular weight is 346 g/mol. The van der Waals surface area contributed by atoms with Gasteiger partial charge in [-0.15, -0.1) is 0 Å². The van der Waals surface area contributed by atoms with Gasteiger partial charge in [0, 0.05) is 48.1 Å². The lowest BCUT2D eigenvalue weighted by molar-refractivity contribution is 0.402. The molecule has 5 heteroatoms. The molecule has 0 spiro atoms. The van der Waals surface area contributed by atoms with Crippen molar-refractivity contribution in [1.29, 1.82) is 0 Å². The van der Waals surface area contributed by atoms with Crippen molar-refractivity contribution >= 4 is 41.2 Å². The molecule has 84 valence electrons. The van der Waals surface area contributed by atoms with Gasteiger partial charge in [-0.3, -0.25) is 3.97 Å². The minimum atomic E-state index is 0.716. The van der Waals surface area contributed by atoms with Gasteiger partial charge in [-0.1, -0.05) is 0 Å². The van der Waals surface area contributed by atoms with Gasteiger partial charge >= 0.3 is 0 Å². The predicted octanol–water partition coefficient (Wildman–Crippen LogP) is 3.77. The zero-order valence-corrected chi connectivity index (χ0v) is 11.8. The van der Waals surface area contributed by atoms with Gasteiger partial charge in [0.05, 0.1) is 7.11 Å². The quantitative estimate of drug-likeness (QED) is 0.792. The average Bonchev–Trinajstić information content (AvgIpc) is 3.07. The Bertz CT molecular complexity index is 536. The number of fused-ring (bicyclic) bond motifs is 1. The summed E-state index contributed by atoms with van der Waals surface area (Å²) in [5.74, 6) is 1.43. The summed E-state index contributed by atoms with van der Waals surface area (Å²) in [6, 6.07) is 2.17. The number of ether oxygens (including phenoxy) is 1. The van der Waals surface area contributed by atoms with Crippen LogP contribution in [0.5, 0.6) is 5.88 Å². The molecule has 2 aromatic heterocycles. The third-order valence-corrected chi connectivity index (χ3v) is 4.70. The van der Waals surface area contributed by atoms with E-state index < -0.39 is 0 Å². The molecule has 2 aromatic rings. The van der Waals surface area contributed by atoms with Crippen LogP contribution in [-0.4, -0.2) is 16.1 Å². The highest BCUT2D eigenvalue weighted by Gasteiger charge is 2.27. The molecule has 0 unspecified atom stereocenters. The highest BCUT2D eigenvalue weighted by Crippen LogP contribution is 2.44. The van der Waals surface area contributed by atoms with E-state index in [1.807, 2.05) is 6.20 Å². The van der Waals surface area contributed by atoms with Crippen molar-refractivity contribution in [3.63, 3.8) is 0 Å². The molecule has 0 aliphatic heterocycles. The molecule has 0 amide bonds. The third-order valence-electron chi connectivity index (χ3n) is 2.97. The number of hydrogen-bond donors (Lipinski definition) is 0. The largest absolute Gasteiger partial charge is 0.479 e. The summed E-state index contributed by atoms with van der Waals surface area (Å²) >= 11 is 2.27. The minimum absolute atomic E-state index is 0.716. The lowest BCUT2D eigenvalue weighted by atomic mass is 10.1. The van der Waals surface area contributed by atoms with Gasteiger partial charge < -0.3 is 4.74 Å². The summed E-state index contributed by atoms with van der Waals surface area (Å²) in [4.78, 5) is 4.41.